The molecule has 0 aromatic heterocycles. The van der Waals surface area contributed by atoms with Crippen molar-refractivity contribution in [3.8, 4) is 0 Å². The molecule has 0 saturated heterocycles. The lowest BCUT2D eigenvalue weighted by Crippen LogP contribution is -2.01. The van der Waals surface area contributed by atoms with Gasteiger partial charge in [0, 0.05) is 11.1 Å². The number of benzene rings is 1. The maximum Gasteiger partial charge on any atom is 0.279 e. The SMILES string of the molecule is CCc1cc(CC)c([N+](=O)[O-])cc1[N+](=O)[O-]. The van der Waals surface area contributed by atoms with Crippen molar-refractivity contribution in [3.05, 3.63) is 43.5 Å². The summed E-state index contributed by atoms with van der Waals surface area (Å²) in [5.41, 5.74) is 0.720. The van der Waals surface area contributed by atoms with E-state index in [2.05, 4.69) is 0 Å². The van der Waals surface area contributed by atoms with E-state index in [4.69, 9.17) is 0 Å². The summed E-state index contributed by atoms with van der Waals surface area (Å²) in [6, 6.07) is 2.61. The van der Waals surface area contributed by atoms with Crippen LogP contribution in [0.5, 0.6) is 0 Å². The van der Waals surface area contributed by atoms with Crippen LogP contribution in [0.1, 0.15) is 25.0 Å². The van der Waals surface area contributed by atoms with Crippen LogP contribution in [0, 0.1) is 20.2 Å². The molecule has 0 fully saturated rings. The van der Waals surface area contributed by atoms with Crippen molar-refractivity contribution in [2.45, 2.75) is 26.7 Å². The van der Waals surface area contributed by atoms with Gasteiger partial charge < -0.3 is 0 Å². The van der Waals surface area contributed by atoms with Crippen molar-refractivity contribution >= 4 is 11.4 Å². The molecule has 0 unspecified atom stereocenters. The number of aryl methyl sites for hydroxylation is 2. The van der Waals surface area contributed by atoms with E-state index in [1.54, 1.807) is 19.9 Å². The monoisotopic (exact) mass is 224 g/mol. The molecule has 0 N–H and O–H groups in total. The van der Waals surface area contributed by atoms with Crippen LogP contribution in [0.2, 0.25) is 0 Å². The first-order chi connectivity index (χ1) is 7.51. The lowest BCUT2D eigenvalue weighted by Gasteiger charge is -2.04. The predicted octanol–water partition coefficient (Wildman–Crippen LogP) is 2.63. The molecule has 1 aromatic carbocycles. The average molecular weight is 224 g/mol. The zero-order valence-electron chi connectivity index (χ0n) is 9.10. The van der Waals surface area contributed by atoms with Crippen LogP contribution >= 0.6 is 0 Å². The second-order valence-electron chi connectivity index (χ2n) is 3.33. The van der Waals surface area contributed by atoms with Gasteiger partial charge in [-0.1, -0.05) is 13.8 Å². The molecule has 0 bridgehead atoms. The first-order valence-electron chi connectivity index (χ1n) is 4.95. The molecular weight excluding hydrogens is 212 g/mol. The number of nitrogens with zero attached hydrogens (tertiary/aromatic N) is 2. The molecule has 0 amide bonds. The minimum atomic E-state index is -0.578. The van der Waals surface area contributed by atoms with E-state index < -0.39 is 9.85 Å². The van der Waals surface area contributed by atoms with Gasteiger partial charge >= 0.3 is 0 Å². The van der Waals surface area contributed by atoms with Crippen molar-refractivity contribution in [1.82, 2.24) is 0 Å². The van der Waals surface area contributed by atoms with Gasteiger partial charge in [-0.25, -0.2) is 0 Å². The fourth-order valence-electron chi connectivity index (χ4n) is 1.58. The Kier molecular flexibility index (Phi) is 3.55. The molecule has 1 aromatic rings. The number of nitro benzene ring substituents is 2. The van der Waals surface area contributed by atoms with E-state index in [0.717, 1.165) is 6.07 Å². The van der Waals surface area contributed by atoms with E-state index in [1.165, 1.54) is 0 Å². The minimum Gasteiger partial charge on any atom is -0.258 e. The molecule has 6 nitrogen and oxygen atoms in total. The second-order valence-corrected chi connectivity index (χ2v) is 3.33. The average Bonchev–Trinajstić information content (AvgIpc) is 2.26. The van der Waals surface area contributed by atoms with Crippen molar-refractivity contribution in [3.63, 3.8) is 0 Å². The van der Waals surface area contributed by atoms with Crippen LogP contribution in [-0.2, 0) is 12.8 Å². The van der Waals surface area contributed by atoms with Gasteiger partial charge in [0.25, 0.3) is 11.4 Å². The van der Waals surface area contributed by atoms with Crippen LogP contribution < -0.4 is 0 Å². The third-order valence-electron chi connectivity index (χ3n) is 2.44. The molecule has 0 aliphatic carbocycles. The van der Waals surface area contributed by atoms with Gasteiger partial charge in [0.05, 0.1) is 15.9 Å². The van der Waals surface area contributed by atoms with Crippen molar-refractivity contribution in [2.75, 3.05) is 0 Å². The van der Waals surface area contributed by atoms with Gasteiger partial charge in [0.15, 0.2) is 0 Å². The van der Waals surface area contributed by atoms with Crippen molar-refractivity contribution in [1.29, 1.82) is 0 Å². The zero-order chi connectivity index (χ0) is 12.3. The molecule has 0 spiro atoms. The normalized spacial score (nSPS) is 10.1. The molecule has 16 heavy (non-hydrogen) atoms. The summed E-state index contributed by atoms with van der Waals surface area (Å²) in [6.45, 7) is 3.57. The smallest absolute Gasteiger partial charge is 0.258 e. The number of hydrogen-bond acceptors (Lipinski definition) is 4. The van der Waals surface area contributed by atoms with E-state index in [1.807, 2.05) is 0 Å². The van der Waals surface area contributed by atoms with E-state index in [0.29, 0.717) is 24.0 Å². The van der Waals surface area contributed by atoms with Gasteiger partial charge in [-0.05, 0) is 18.9 Å². The van der Waals surface area contributed by atoms with Crippen LogP contribution in [0.4, 0.5) is 11.4 Å². The van der Waals surface area contributed by atoms with Gasteiger partial charge in [-0.2, -0.15) is 0 Å². The number of nitro groups is 2. The quantitative estimate of drug-likeness (QED) is 0.581. The van der Waals surface area contributed by atoms with Gasteiger partial charge in [-0.3, -0.25) is 20.2 Å². The second kappa shape index (κ2) is 4.69. The van der Waals surface area contributed by atoms with Crippen molar-refractivity contribution in [2.24, 2.45) is 0 Å². The third-order valence-corrected chi connectivity index (χ3v) is 2.44. The van der Waals surface area contributed by atoms with Crippen molar-refractivity contribution < 1.29 is 9.85 Å². The maximum atomic E-state index is 10.7. The van der Waals surface area contributed by atoms with Crippen LogP contribution in [0.25, 0.3) is 0 Å². The highest BCUT2D eigenvalue weighted by molar-refractivity contribution is 5.54. The lowest BCUT2D eigenvalue weighted by molar-refractivity contribution is -0.395. The first kappa shape index (κ1) is 12.1. The fourth-order valence-corrected chi connectivity index (χ4v) is 1.58. The summed E-state index contributed by atoms with van der Waals surface area (Å²) in [4.78, 5) is 20.3. The Morgan fingerprint density at radius 3 is 1.56 bits per heavy atom. The summed E-state index contributed by atoms with van der Waals surface area (Å²) in [7, 11) is 0. The highest BCUT2D eigenvalue weighted by Gasteiger charge is 2.22. The maximum absolute atomic E-state index is 10.7. The zero-order valence-corrected chi connectivity index (χ0v) is 9.10. The molecule has 0 radical (unpaired) electrons. The largest absolute Gasteiger partial charge is 0.279 e. The highest BCUT2D eigenvalue weighted by atomic mass is 16.6. The van der Waals surface area contributed by atoms with Gasteiger partial charge in [-0.15, -0.1) is 0 Å². The molecule has 0 saturated carbocycles. The molecule has 0 heterocycles. The van der Waals surface area contributed by atoms with Crippen LogP contribution in [0.15, 0.2) is 12.1 Å². The summed E-state index contributed by atoms with van der Waals surface area (Å²) in [6.07, 6.45) is 0.975. The van der Waals surface area contributed by atoms with Gasteiger partial charge in [0.2, 0.25) is 0 Å². The fraction of sp³-hybridized carbons (Fsp3) is 0.400. The molecule has 0 atom stereocenters. The first-order valence-corrected chi connectivity index (χ1v) is 4.95. The van der Waals surface area contributed by atoms with E-state index >= 15 is 0 Å². The van der Waals surface area contributed by atoms with Crippen LogP contribution in [0.3, 0.4) is 0 Å². The van der Waals surface area contributed by atoms with E-state index in [-0.39, 0.29) is 11.4 Å². The molecule has 0 aliphatic heterocycles. The molecule has 0 aliphatic rings. The summed E-state index contributed by atoms with van der Waals surface area (Å²) in [5.74, 6) is 0. The Labute approximate surface area is 92.2 Å². The van der Waals surface area contributed by atoms with Crippen LogP contribution in [-0.4, -0.2) is 9.85 Å². The van der Waals surface area contributed by atoms with Gasteiger partial charge in [0.1, 0.15) is 0 Å². The lowest BCUT2D eigenvalue weighted by atomic mass is 10.0. The molecule has 86 valence electrons. The Bertz CT molecular complexity index is 405. The Morgan fingerprint density at radius 2 is 1.31 bits per heavy atom. The van der Waals surface area contributed by atoms with E-state index in [9.17, 15) is 20.2 Å². The topological polar surface area (TPSA) is 86.3 Å². The molecule has 1 rings (SSSR count). The third kappa shape index (κ3) is 2.16. The predicted molar refractivity (Wildman–Crippen MR) is 58.5 cm³/mol. The molecule has 6 heteroatoms. The summed E-state index contributed by atoms with van der Waals surface area (Å²) in [5, 5.41) is 21.5. The molecular formula is C10H12N2O4. The number of hydrogen-bond donors (Lipinski definition) is 0. The number of rotatable bonds is 4. The standard InChI is InChI=1S/C10H12N2O4/c1-3-7-5-8(4-2)10(12(15)16)6-9(7)11(13)14/h5-6H,3-4H2,1-2H3. The Morgan fingerprint density at radius 1 is 0.938 bits per heavy atom. The summed E-state index contributed by atoms with van der Waals surface area (Å²) >= 11 is 0. The Hall–Kier alpha value is -1.98. The summed E-state index contributed by atoms with van der Waals surface area (Å²) < 4.78 is 0. The Balaban J connectivity index is 3.46. The minimum absolute atomic E-state index is 0.175. The highest BCUT2D eigenvalue weighted by Crippen LogP contribution is 2.29.